The number of rotatable bonds is 5. The van der Waals surface area contributed by atoms with Gasteiger partial charge < -0.3 is 15.5 Å². The number of aromatic nitrogens is 2. The number of nitrogens with one attached hydrogen (secondary N) is 2. The highest BCUT2D eigenvalue weighted by molar-refractivity contribution is 5.95. The smallest absolute Gasteiger partial charge is 0.251 e. The lowest BCUT2D eigenvalue weighted by Gasteiger charge is -2.30. The van der Waals surface area contributed by atoms with Crippen molar-refractivity contribution >= 4 is 17.7 Å². The lowest BCUT2D eigenvalue weighted by molar-refractivity contribution is -0.132. The van der Waals surface area contributed by atoms with Gasteiger partial charge in [-0.1, -0.05) is 12.1 Å². The Labute approximate surface area is 157 Å². The summed E-state index contributed by atoms with van der Waals surface area (Å²) in [5, 5.41) is 9.71. The molecule has 2 N–H and O–H groups in total. The monoisotopic (exact) mass is 369 g/mol. The van der Waals surface area contributed by atoms with Crippen molar-refractivity contribution in [2.45, 2.75) is 25.4 Å². The zero-order valence-electron chi connectivity index (χ0n) is 15.4. The number of amides is 3. The second-order valence-corrected chi connectivity index (χ2v) is 6.66. The Morgan fingerprint density at radius 3 is 2.63 bits per heavy atom. The van der Waals surface area contributed by atoms with Crippen molar-refractivity contribution in [1.29, 1.82) is 0 Å². The van der Waals surface area contributed by atoms with E-state index in [1.807, 2.05) is 12.1 Å². The highest BCUT2D eigenvalue weighted by Crippen LogP contribution is 2.19. The van der Waals surface area contributed by atoms with Crippen molar-refractivity contribution < 1.29 is 14.4 Å². The van der Waals surface area contributed by atoms with E-state index >= 15 is 0 Å². The van der Waals surface area contributed by atoms with Crippen LogP contribution in [0.1, 0.15) is 23.2 Å². The second kappa shape index (κ2) is 8.03. The molecule has 27 heavy (non-hydrogen) atoms. The highest BCUT2D eigenvalue weighted by atomic mass is 16.2. The van der Waals surface area contributed by atoms with Crippen LogP contribution in [0.25, 0.3) is 11.1 Å². The molecule has 142 valence electrons. The Kier molecular flexibility index (Phi) is 5.54. The molecule has 0 radical (unpaired) electrons. The van der Waals surface area contributed by atoms with Gasteiger partial charge in [0.25, 0.3) is 5.91 Å². The summed E-state index contributed by atoms with van der Waals surface area (Å²) in [7, 11) is 3.33. The molecule has 2 aromatic rings. The van der Waals surface area contributed by atoms with Gasteiger partial charge in [0.05, 0.1) is 6.20 Å². The van der Waals surface area contributed by atoms with Crippen LogP contribution in [0, 0.1) is 0 Å². The average Bonchev–Trinajstić information content (AvgIpc) is 3.13. The zero-order chi connectivity index (χ0) is 19.4. The van der Waals surface area contributed by atoms with Crippen LogP contribution in [-0.4, -0.2) is 59.1 Å². The fraction of sp³-hybridized carbons (Fsp3) is 0.368. The van der Waals surface area contributed by atoms with Crippen molar-refractivity contribution in [1.82, 2.24) is 25.3 Å². The molecule has 1 aromatic carbocycles. The van der Waals surface area contributed by atoms with Gasteiger partial charge in [-0.3, -0.25) is 19.1 Å². The maximum absolute atomic E-state index is 12.4. The van der Waals surface area contributed by atoms with Gasteiger partial charge in [0, 0.05) is 50.4 Å². The van der Waals surface area contributed by atoms with Gasteiger partial charge in [0.1, 0.15) is 6.54 Å². The van der Waals surface area contributed by atoms with E-state index < -0.39 is 0 Å². The molecular formula is C19H23N5O3. The first-order valence-corrected chi connectivity index (χ1v) is 8.84. The summed E-state index contributed by atoms with van der Waals surface area (Å²) < 4.78 is 1.57. The van der Waals surface area contributed by atoms with E-state index in [2.05, 4.69) is 15.7 Å². The Morgan fingerprint density at radius 1 is 1.22 bits per heavy atom. The van der Waals surface area contributed by atoms with Crippen LogP contribution in [-0.2, 0) is 16.1 Å². The molecule has 2 heterocycles. The number of benzene rings is 1. The summed E-state index contributed by atoms with van der Waals surface area (Å²) in [5.74, 6) is -0.154. The molecule has 1 saturated heterocycles. The molecule has 0 bridgehead atoms. The SMILES string of the molecule is CNC(=O)Cn1cc(-c2ccc(C(=O)NC3CCC(=O)N(C)C3)cc2)cn1. The fourth-order valence-corrected chi connectivity index (χ4v) is 3.04. The summed E-state index contributed by atoms with van der Waals surface area (Å²) in [6.45, 7) is 0.697. The van der Waals surface area contributed by atoms with E-state index in [1.54, 1.807) is 48.2 Å². The quantitative estimate of drug-likeness (QED) is 0.809. The van der Waals surface area contributed by atoms with E-state index in [0.29, 0.717) is 24.9 Å². The standard InChI is InChI=1S/C19H23N5O3/c1-20-17(25)12-24-10-15(9-21-24)13-3-5-14(6-4-13)19(27)22-16-7-8-18(26)23(2)11-16/h3-6,9-10,16H,7-8,11-12H2,1-2H3,(H,20,25)(H,22,27). The van der Waals surface area contributed by atoms with Crippen LogP contribution in [0.2, 0.25) is 0 Å². The number of carbonyl (C=O) groups excluding carboxylic acids is 3. The zero-order valence-corrected chi connectivity index (χ0v) is 15.4. The van der Waals surface area contributed by atoms with Gasteiger partial charge in [-0.25, -0.2) is 0 Å². The van der Waals surface area contributed by atoms with Crippen LogP contribution >= 0.6 is 0 Å². The average molecular weight is 369 g/mol. The second-order valence-electron chi connectivity index (χ2n) is 6.66. The van der Waals surface area contributed by atoms with Gasteiger partial charge in [-0.05, 0) is 24.1 Å². The molecule has 8 nitrogen and oxygen atoms in total. The molecule has 1 atom stereocenters. The molecule has 8 heteroatoms. The molecule has 0 saturated carbocycles. The molecule has 3 amide bonds. The molecule has 1 aromatic heterocycles. The van der Waals surface area contributed by atoms with Crippen molar-refractivity contribution in [2.75, 3.05) is 20.6 Å². The first kappa shape index (κ1) is 18.6. The van der Waals surface area contributed by atoms with Crippen molar-refractivity contribution in [2.24, 2.45) is 0 Å². The summed E-state index contributed by atoms with van der Waals surface area (Å²) >= 11 is 0. The lowest BCUT2D eigenvalue weighted by Crippen LogP contribution is -2.48. The van der Waals surface area contributed by atoms with Crippen molar-refractivity contribution in [3.63, 3.8) is 0 Å². The molecule has 1 unspecified atom stereocenters. The Hall–Kier alpha value is -3.16. The Balaban J connectivity index is 1.62. The summed E-state index contributed by atoms with van der Waals surface area (Å²) in [6.07, 6.45) is 4.60. The molecular weight excluding hydrogens is 346 g/mol. The predicted molar refractivity (Wildman–Crippen MR) is 99.9 cm³/mol. The van der Waals surface area contributed by atoms with Crippen molar-refractivity contribution in [3.8, 4) is 11.1 Å². The normalized spacial score (nSPS) is 16.9. The maximum Gasteiger partial charge on any atom is 0.251 e. The maximum atomic E-state index is 12.4. The van der Waals surface area contributed by atoms with E-state index in [4.69, 9.17) is 0 Å². The minimum absolute atomic E-state index is 0.0252. The molecule has 3 rings (SSSR count). The molecule has 1 fully saturated rings. The molecule has 1 aliphatic heterocycles. The van der Waals surface area contributed by atoms with Crippen molar-refractivity contribution in [3.05, 3.63) is 42.2 Å². The van der Waals surface area contributed by atoms with Crippen LogP contribution in [0.5, 0.6) is 0 Å². The number of nitrogens with zero attached hydrogens (tertiary/aromatic N) is 3. The van der Waals surface area contributed by atoms with E-state index in [1.165, 1.54) is 0 Å². The number of hydrogen-bond acceptors (Lipinski definition) is 4. The van der Waals surface area contributed by atoms with Crippen LogP contribution < -0.4 is 10.6 Å². The van der Waals surface area contributed by atoms with Gasteiger partial charge in [-0.2, -0.15) is 5.10 Å². The molecule has 0 aliphatic carbocycles. The first-order valence-electron chi connectivity index (χ1n) is 8.84. The fourth-order valence-electron chi connectivity index (χ4n) is 3.04. The lowest BCUT2D eigenvalue weighted by atomic mass is 10.0. The first-order chi connectivity index (χ1) is 13.0. The molecule has 0 spiro atoms. The third-order valence-electron chi connectivity index (χ3n) is 4.66. The number of hydrogen-bond donors (Lipinski definition) is 2. The number of piperidine rings is 1. The van der Waals surface area contributed by atoms with Gasteiger partial charge >= 0.3 is 0 Å². The van der Waals surface area contributed by atoms with E-state index in [-0.39, 0.29) is 30.3 Å². The van der Waals surface area contributed by atoms with E-state index in [0.717, 1.165) is 11.1 Å². The predicted octanol–water partition coefficient (Wildman–Crippen LogP) is 0.647. The topological polar surface area (TPSA) is 96.3 Å². The number of likely N-dealkylation sites (N-methyl/N-ethyl adjacent to an activating group) is 2. The third kappa shape index (κ3) is 4.52. The molecule has 1 aliphatic rings. The third-order valence-corrected chi connectivity index (χ3v) is 4.66. The van der Waals surface area contributed by atoms with Gasteiger partial charge in [-0.15, -0.1) is 0 Å². The summed E-state index contributed by atoms with van der Waals surface area (Å²) in [6, 6.07) is 7.21. The summed E-state index contributed by atoms with van der Waals surface area (Å²) in [4.78, 5) is 37.0. The largest absolute Gasteiger partial charge is 0.358 e. The van der Waals surface area contributed by atoms with Crippen LogP contribution in [0.3, 0.4) is 0 Å². The highest BCUT2D eigenvalue weighted by Gasteiger charge is 2.24. The summed E-state index contributed by atoms with van der Waals surface area (Å²) in [5.41, 5.74) is 2.35. The minimum Gasteiger partial charge on any atom is -0.358 e. The Bertz CT molecular complexity index is 843. The minimum atomic E-state index is -0.149. The van der Waals surface area contributed by atoms with Gasteiger partial charge in [0.2, 0.25) is 11.8 Å². The van der Waals surface area contributed by atoms with Crippen LogP contribution in [0.15, 0.2) is 36.7 Å². The van der Waals surface area contributed by atoms with Gasteiger partial charge in [0.15, 0.2) is 0 Å². The number of likely N-dealkylation sites (tertiary alicyclic amines) is 1. The Morgan fingerprint density at radius 2 is 1.96 bits per heavy atom. The van der Waals surface area contributed by atoms with Crippen LogP contribution in [0.4, 0.5) is 0 Å². The number of carbonyl (C=O) groups is 3. The van der Waals surface area contributed by atoms with E-state index in [9.17, 15) is 14.4 Å².